The summed E-state index contributed by atoms with van der Waals surface area (Å²) in [5, 5.41) is 42.7. The Kier molecular flexibility index (Phi) is 8.04. The van der Waals surface area contributed by atoms with Crippen LogP contribution in [0.4, 0.5) is 0 Å². The maximum absolute atomic E-state index is 13.7. The molecule has 1 spiro atoms. The Hall–Kier alpha value is -2.04. The Labute approximate surface area is 199 Å². The van der Waals surface area contributed by atoms with Gasteiger partial charge in [0.15, 0.2) is 24.0 Å². The van der Waals surface area contributed by atoms with Crippen LogP contribution in [0.5, 0.6) is 11.5 Å². The Morgan fingerprint density at radius 2 is 1.94 bits per heavy atom. The van der Waals surface area contributed by atoms with Crippen molar-refractivity contribution in [2.24, 2.45) is 11.8 Å². The number of rotatable bonds is 10. The van der Waals surface area contributed by atoms with E-state index in [0.717, 1.165) is 0 Å². The van der Waals surface area contributed by atoms with Crippen molar-refractivity contribution in [2.45, 2.75) is 89.7 Å². The van der Waals surface area contributed by atoms with Crippen molar-refractivity contribution in [1.29, 1.82) is 0 Å². The lowest BCUT2D eigenvalue weighted by Gasteiger charge is -2.39. The summed E-state index contributed by atoms with van der Waals surface area (Å²) in [4.78, 5) is 25.4. The molecule has 34 heavy (non-hydrogen) atoms. The molecule has 1 aromatic carbocycles. The number of methoxy groups -OCH3 is 1. The quantitative estimate of drug-likeness (QED) is 0.225. The maximum Gasteiger partial charge on any atom is 0.189 e. The highest BCUT2D eigenvalue weighted by molar-refractivity contribution is 6.04. The van der Waals surface area contributed by atoms with Crippen molar-refractivity contribution in [2.75, 3.05) is 7.11 Å². The van der Waals surface area contributed by atoms with Crippen LogP contribution in [-0.4, -0.2) is 69.8 Å². The van der Waals surface area contributed by atoms with E-state index in [0.29, 0.717) is 25.5 Å². The molecule has 9 nitrogen and oxygen atoms in total. The lowest BCUT2D eigenvalue weighted by molar-refractivity contribution is -0.239. The van der Waals surface area contributed by atoms with Gasteiger partial charge in [-0.05, 0) is 24.8 Å². The molecular formula is C25H36O9. The van der Waals surface area contributed by atoms with Gasteiger partial charge in [0.05, 0.1) is 35.5 Å². The van der Waals surface area contributed by atoms with Crippen molar-refractivity contribution >= 4 is 12.1 Å². The van der Waals surface area contributed by atoms with Crippen LogP contribution in [0.25, 0.3) is 0 Å². The summed E-state index contributed by atoms with van der Waals surface area (Å²) >= 11 is 0. The van der Waals surface area contributed by atoms with Gasteiger partial charge in [-0.3, -0.25) is 9.59 Å². The number of carbonyl (C=O) groups excluding carboxylic acids is 2. The summed E-state index contributed by atoms with van der Waals surface area (Å²) in [6, 6.07) is 1.35. The number of aliphatic hydroxyl groups is 2. The van der Waals surface area contributed by atoms with Crippen molar-refractivity contribution in [3.05, 3.63) is 22.8 Å². The number of aliphatic hydroxyl groups excluding tert-OH is 2. The molecular weight excluding hydrogens is 444 g/mol. The number of ether oxygens (including phenoxy) is 3. The highest BCUT2D eigenvalue weighted by Gasteiger charge is 2.68. The second-order valence-corrected chi connectivity index (χ2v) is 9.55. The Balaban J connectivity index is 1.99. The lowest BCUT2D eigenvalue weighted by Crippen LogP contribution is -2.55. The van der Waals surface area contributed by atoms with Crippen LogP contribution >= 0.6 is 0 Å². The van der Waals surface area contributed by atoms with Gasteiger partial charge < -0.3 is 34.6 Å². The average molecular weight is 481 g/mol. The van der Waals surface area contributed by atoms with Gasteiger partial charge in [-0.2, -0.15) is 0 Å². The van der Waals surface area contributed by atoms with E-state index in [4.69, 9.17) is 14.2 Å². The van der Waals surface area contributed by atoms with Crippen LogP contribution in [0.3, 0.4) is 0 Å². The van der Waals surface area contributed by atoms with Gasteiger partial charge in [0.1, 0.15) is 11.5 Å². The molecule has 0 aromatic heterocycles. The van der Waals surface area contributed by atoms with Gasteiger partial charge >= 0.3 is 0 Å². The van der Waals surface area contributed by atoms with Crippen LogP contribution in [0, 0.1) is 11.8 Å². The number of ketones is 1. The van der Waals surface area contributed by atoms with Gasteiger partial charge in [-0.25, -0.2) is 0 Å². The number of hydrogen-bond donors (Lipinski definition) is 4. The average Bonchev–Trinajstić information content (AvgIpc) is 3.53. The number of phenols is 2. The predicted molar refractivity (Wildman–Crippen MR) is 122 cm³/mol. The number of aldehydes is 1. The molecule has 2 aliphatic rings. The van der Waals surface area contributed by atoms with Gasteiger partial charge in [0.25, 0.3) is 0 Å². The lowest BCUT2D eigenvalue weighted by atomic mass is 9.80. The summed E-state index contributed by atoms with van der Waals surface area (Å²) in [5.41, 5.74) is -1.48. The van der Waals surface area contributed by atoms with E-state index in [9.17, 15) is 30.0 Å². The van der Waals surface area contributed by atoms with Crippen LogP contribution in [0.1, 0.15) is 85.8 Å². The van der Waals surface area contributed by atoms with E-state index in [1.165, 1.54) is 13.2 Å². The third kappa shape index (κ3) is 4.35. The van der Waals surface area contributed by atoms with Gasteiger partial charge in [0.2, 0.25) is 0 Å². The molecule has 0 saturated carbocycles. The Morgan fingerprint density at radius 3 is 2.41 bits per heavy atom. The molecule has 0 amide bonds. The summed E-state index contributed by atoms with van der Waals surface area (Å²) in [6.07, 6.45) is -2.25. The zero-order chi connectivity index (χ0) is 25.4. The first kappa shape index (κ1) is 26.6. The molecule has 1 aromatic rings. The van der Waals surface area contributed by atoms with E-state index in [2.05, 4.69) is 0 Å². The summed E-state index contributed by atoms with van der Waals surface area (Å²) < 4.78 is 16.8. The number of aromatic hydroxyl groups is 2. The molecule has 190 valence electrons. The zero-order valence-electron chi connectivity index (χ0n) is 20.4. The molecule has 7 atom stereocenters. The first-order chi connectivity index (χ1) is 16.1. The third-order valence-corrected chi connectivity index (χ3v) is 7.10. The van der Waals surface area contributed by atoms with Crippen LogP contribution in [0.15, 0.2) is 6.07 Å². The first-order valence-corrected chi connectivity index (χ1v) is 11.9. The molecule has 2 fully saturated rings. The summed E-state index contributed by atoms with van der Waals surface area (Å²) in [7, 11) is 1.46. The minimum Gasteiger partial charge on any atom is -0.507 e. The molecule has 0 radical (unpaired) electrons. The van der Waals surface area contributed by atoms with E-state index < -0.39 is 53.4 Å². The monoisotopic (exact) mass is 480 g/mol. The van der Waals surface area contributed by atoms with Crippen molar-refractivity contribution in [3.8, 4) is 11.5 Å². The number of phenolic OH excluding ortho intramolecular Hbond substituents is 2. The summed E-state index contributed by atoms with van der Waals surface area (Å²) in [5.74, 6) is -2.47. The number of carbonyl (C=O) groups is 2. The highest BCUT2D eigenvalue weighted by atomic mass is 16.7. The van der Waals surface area contributed by atoms with Crippen LogP contribution in [0.2, 0.25) is 0 Å². The van der Waals surface area contributed by atoms with Crippen LogP contribution in [-0.2, 0) is 14.2 Å². The molecule has 9 heteroatoms. The maximum atomic E-state index is 13.7. The standard InChI is InChI=1S/C25H36O9/c1-6-8-13(17-10-18(27)25(24(31)33-17)19(7-2)34-25)20(28)14-9-15(23(32-5)12(3)4)22(30)16(11-26)21(14)29/h9,11-13,17-19,23-24,27,29-31H,6-8,10H2,1-5H3/t13-,17+,18+,19-,23+,24+,25-/m0/s1. The molecule has 0 bridgehead atoms. The largest absolute Gasteiger partial charge is 0.507 e. The SMILES string of the molecule is CCC[C@H](C(=O)c1cc([C@H](OC)C(C)C)c(O)c(C=O)c1O)[C@H]1C[C@@H](O)[C@@]2(O[C@H]2CC)[C@H](O)O1. The number of hydrogen-bond acceptors (Lipinski definition) is 9. The van der Waals surface area contributed by atoms with Crippen LogP contribution < -0.4 is 0 Å². The fourth-order valence-electron chi connectivity index (χ4n) is 5.26. The molecule has 0 unspecified atom stereocenters. The van der Waals surface area contributed by atoms with Gasteiger partial charge in [0, 0.05) is 25.0 Å². The zero-order valence-corrected chi connectivity index (χ0v) is 20.4. The van der Waals surface area contributed by atoms with Gasteiger partial charge in [-0.15, -0.1) is 0 Å². The normalized spacial score (nSPS) is 30.4. The molecule has 2 aliphatic heterocycles. The molecule has 2 heterocycles. The van der Waals surface area contributed by atoms with E-state index in [1.807, 2.05) is 27.7 Å². The van der Waals surface area contributed by atoms with E-state index in [-0.39, 0.29) is 35.1 Å². The number of benzene rings is 1. The minimum atomic E-state index is -1.40. The molecule has 3 rings (SSSR count). The van der Waals surface area contributed by atoms with Crippen molar-refractivity contribution in [1.82, 2.24) is 0 Å². The predicted octanol–water partition coefficient (Wildman–Crippen LogP) is 2.87. The fourth-order valence-corrected chi connectivity index (χ4v) is 5.26. The van der Waals surface area contributed by atoms with Crippen molar-refractivity contribution in [3.63, 3.8) is 0 Å². The molecule has 2 saturated heterocycles. The Bertz CT molecular complexity index is 900. The van der Waals surface area contributed by atoms with Gasteiger partial charge in [-0.1, -0.05) is 34.1 Å². The minimum absolute atomic E-state index is 0.0723. The fraction of sp³-hybridized carbons (Fsp3) is 0.680. The topological polar surface area (TPSA) is 146 Å². The number of epoxide rings is 1. The van der Waals surface area contributed by atoms with Crippen molar-refractivity contribution < 1.29 is 44.2 Å². The number of Topliss-reactive ketones (excluding diaryl/α,β-unsaturated/α-hetero) is 1. The second-order valence-electron chi connectivity index (χ2n) is 9.55. The first-order valence-electron chi connectivity index (χ1n) is 11.9. The van der Waals surface area contributed by atoms with E-state index in [1.54, 1.807) is 0 Å². The molecule has 0 aliphatic carbocycles. The van der Waals surface area contributed by atoms with E-state index >= 15 is 0 Å². The highest BCUT2D eigenvalue weighted by Crippen LogP contribution is 2.50. The second kappa shape index (κ2) is 10.3. The Morgan fingerprint density at radius 1 is 1.26 bits per heavy atom. The third-order valence-electron chi connectivity index (χ3n) is 7.10. The smallest absolute Gasteiger partial charge is 0.189 e. The molecule has 4 N–H and O–H groups in total. The summed E-state index contributed by atoms with van der Waals surface area (Å²) in [6.45, 7) is 7.49.